The van der Waals surface area contributed by atoms with Gasteiger partial charge in [-0.1, -0.05) is 182 Å². The van der Waals surface area contributed by atoms with E-state index in [0.717, 1.165) is 77.9 Å². The average molecular weight is 879 g/mol. The Morgan fingerprint density at radius 3 is 1.57 bits per heavy atom. The molecule has 0 spiro atoms. The van der Waals surface area contributed by atoms with Crippen LogP contribution < -0.4 is 4.90 Å². The molecule has 0 aliphatic rings. The van der Waals surface area contributed by atoms with Crippen molar-refractivity contribution in [2.45, 2.75) is 0 Å². The van der Waals surface area contributed by atoms with Crippen molar-refractivity contribution < 1.29 is 4.42 Å². The second-order valence-electron chi connectivity index (χ2n) is 18.0. The highest BCUT2D eigenvalue weighted by Crippen LogP contribution is 2.44. The first-order valence-corrected chi connectivity index (χ1v) is 23.7. The Morgan fingerprint density at radius 1 is 0.275 bits per heavy atom. The molecular weight excluding hydrogens is 837 g/mol. The molecule has 0 saturated carbocycles. The van der Waals surface area contributed by atoms with Crippen molar-refractivity contribution >= 4 is 93.1 Å². The van der Waals surface area contributed by atoms with E-state index in [9.17, 15) is 0 Å². The highest BCUT2D eigenvalue weighted by Gasteiger charge is 2.20. The van der Waals surface area contributed by atoms with Crippen molar-refractivity contribution in [3.8, 4) is 39.1 Å². The molecule has 0 amide bonds. The molecular formula is C66H42N2O. The molecule has 2 heterocycles. The van der Waals surface area contributed by atoms with Gasteiger partial charge in [-0.3, -0.25) is 0 Å². The minimum Gasteiger partial charge on any atom is -0.455 e. The number of anilines is 3. The standard InChI is InChI=1S/C66H42N2O/c1-4-24-54-44(15-1)35-38-61-60-30-14-29-55(66(60)69-65(54)61)46-18-12-20-50(40-46)67(51-21-13-19-47(41-51)62-42-48-16-2-3-23-53(48)56-25-5-6-26-57(56)62)49-36-33-43(34-37-49)45-17-11-22-52(39-45)68-63-31-9-7-27-58(63)59-28-8-10-32-64(59)68/h1-42H. The van der Waals surface area contributed by atoms with Crippen molar-refractivity contribution in [1.29, 1.82) is 0 Å². The van der Waals surface area contributed by atoms with Crippen LogP contribution in [0.5, 0.6) is 0 Å². The molecule has 2 aromatic heterocycles. The number of hydrogen-bond acceptors (Lipinski definition) is 2. The zero-order chi connectivity index (χ0) is 45.4. The van der Waals surface area contributed by atoms with Gasteiger partial charge in [0.1, 0.15) is 11.2 Å². The molecule has 3 nitrogen and oxygen atoms in total. The molecule has 12 aromatic carbocycles. The normalized spacial score (nSPS) is 11.8. The number of furan rings is 1. The van der Waals surface area contributed by atoms with Crippen LogP contribution in [0.25, 0.3) is 115 Å². The quantitative estimate of drug-likeness (QED) is 0.149. The Bertz CT molecular complexity index is 4270. The second kappa shape index (κ2) is 15.7. The molecule has 14 aromatic rings. The van der Waals surface area contributed by atoms with Gasteiger partial charge >= 0.3 is 0 Å². The Hall–Kier alpha value is -9.18. The van der Waals surface area contributed by atoms with Crippen LogP contribution in [-0.4, -0.2) is 4.57 Å². The SMILES string of the molecule is c1cc(-c2cc3ccccc3c3ccccc23)cc(N(c2ccc(-c3cccc(-n4c5ccccc5c5ccccc54)c3)cc2)c2cccc(-c3cccc4c3oc3c5ccccc5ccc43)c2)c1. The molecule has 14 rings (SSSR count). The second-order valence-corrected chi connectivity index (χ2v) is 18.0. The van der Waals surface area contributed by atoms with Gasteiger partial charge in [0.15, 0.2) is 0 Å². The number of hydrogen-bond donors (Lipinski definition) is 0. The van der Waals surface area contributed by atoms with E-state index in [2.05, 4.69) is 264 Å². The summed E-state index contributed by atoms with van der Waals surface area (Å²) in [5.41, 5.74) is 15.4. The van der Waals surface area contributed by atoms with Crippen LogP contribution in [0, 0.1) is 0 Å². The molecule has 0 fully saturated rings. The van der Waals surface area contributed by atoms with Gasteiger partial charge in [-0.05, 0) is 128 Å². The topological polar surface area (TPSA) is 21.3 Å². The zero-order valence-corrected chi connectivity index (χ0v) is 37.6. The molecule has 0 saturated heterocycles. The first-order chi connectivity index (χ1) is 34.2. The van der Waals surface area contributed by atoms with E-state index in [1.807, 2.05) is 0 Å². The zero-order valence-electron chi connectivity index (χ0n) is 37.6. The van der Waals surface area contributed by atoms with Gasteiger partial charge in [0.2, 0.25) is 0 Å². The molecule has 0 unspecified atom stereocenters. The summed E-state index contributed by atoms with van der Waals surface area (Å²) >= 11 is 0. The first kappa shape index (κ1) is 39.0. The lowest BCUT2D eigenvalue weighted by molar-refractivity contribution is 0.674. The van der Waals surface area contributed by atoms with Crippen molar-refractivity contribution in [3.63, 3.8) is 0 Å². The van der Waals surface area contributed by atoms with E-state index < -0.39 is 0 Å². The van der Waals surface area contributed by atoms with Gasteiger partial charge in [-0.15, -0.1) is 0 Å². The molecule has 0 aliphatic carbocycles. The summed E-state index contributed by atoms with van der Waals surface area (Å²) in [6, 6.07) is 92.5. The van der Waals surface area contributed by atoms with Crippen LogP contribution in [-0.2, 0) is 0 Å². The third-order valence-corrected chi connectivity index (χ3v) is 14.1. The van der Waals surface area contributed by atoms with Gasteiger partial charge in [0, 0.05) is 55.2 Å². The largest absolute Gasteiger partial charge is 0.455 e. The summed E-state index contributed by atoms with van der Waals surface area (Å²) in [5, 5.41) is 12.0. The van der Waals surface area contributed by atoms with E-state index >= 15 is 0 Å². The number of para-hydroxylation sites is 3. The summed E-state index contributed by atoms with van der Waals surface area (Å²) < 4.78 is 9.25. The van der Waals surface area contributed by atoms with Gasteiger partial charge in [0.25, 0.3) is 0 Å². The summed E-state index contributed by atoms with van der Waals surface area (Å²) in [4.78, 5) is 2.39. The molecule has 0 N–H and O–H groups in total. The minimum atomic E-state index is 0.894. The maximum atomic E-state index is 6.87. The Labute approximate surface area is 399 Å². The van der Waals surface area contributed by atoms with E-state index in [1.54, 1.807) is 0 Å². The fourth-order valence-corrected chi connectivity index (χ4v) is 10.9. The lowest BCUT2D eigenvalue weighted by Crippen LogP contribution is -2.10. The number of nitrogens with zero attached hydrogens (tertiary/aromatic N) is 2. The van der Waals surface area contributed by atoms with Crippen molar-refractivity contribution in [1.82, 2.24) is 4.57 Å². The lowest BCUT2D eigenvalue weighted by Gasteiger charge is -2.27. The van der Waals surface area contributed by atoms with Crippen molar-refractivity contribution in [2.75, 3.05) is 4.90 Å². The van der Waals surface area contributed by atoms with Crippen LogP contribution in [0.2, 0.25) is 0 Å². The van der Waals surface area contributed by atoms with Gasteiger partial charge in [0.05, 0.1) is 11.0 Å². The fourth-order valence-electron chi connectivity index (χ4n) is 10.9. The molecule has 3 heteroatoms. The van der Waals surface area contributed by atoms with E-state index in [0.29, 0.717) is 0 Å². The van der Waals surface area contributed by atoms with Crippen LogP contribution >= 0.6 is 0 Å². The highest BCUT2D eigenvalue weighted by atomic mass is 16.3. The predicted octanol–water partition coefficient (Wildman–Crippen LogP) is 18.6. The van der Waals surface area contributed by atoms with E-state index in [-0.39, 0.29) is 0 Å². The first-order valence-electron chi connectivity index (χ1n) is 23.7. The third kappa shape index (κ3) is 6.36. The monoisotopic (exact) mass is 878 g/mol. The summed E-state index contributed by atoms with van der Waals surface area (Å²) in [7, 11) is 0. The van der Waals surface area contributed by atoms with Crippen LogP contribution in [0.3, 0.4) is 0 Å². The van der Waals surface area contributed by atoms with Crippen LogP contribution in [0.1, 0.15) is 0 Å². The lowest BCUT2D eigenvalue weighted by atomic mass is 9.93. The summed E-state index contributed by atoms with van der Waals surface area (Å²) in [6.45, 7) is 0. The van der Waals surface area contributed by atoms with Crippen LogP contribution in [0.15, 0.2) is 259 Å². The van der Waals surface area contributed by atoms with Crippen molar-refractivity contribution in [2.24, 2.45) is 0 Å². The molecule has 0 aliphatic heterocycles. The number of rotatable bonds is 7. The smallest absolute Gasteiger partial charge is 0.143 e. The molecule has 0 bridgehead atoms. The summed E-state index contributed by atoms with van der Waals surface area (Å²) in [5.74, 6) is 0. The number of fused-ring (bicyclic) bond motifs is 11. The fraction of sp³-hybridized carbons (Fsp3) is 0. The third-order valence-electron chi connectivity index (χ3n) is 14.1. The van der Waals surface area contributed by atoms with Crippen molar-refractivity contribution in [3.05, 3.63) is 255 Å². The maximum absolute atomic E-state index is 6.87. The van der Waals surface area contributed by atoms with Crippen LogP contribution in [0.4, 0.5) is 17.1 Å². The molecule has 322 valence electrons. The molecule has 0 atom stereocenters. The highest BCUT2D eigenvalue weighted by molar-refractivity contribution is 6.18. The summed E-state index contributed by atoms with van der Waals surface area (Å²) in [6.07, 6.45) is 0. The number of aromatic nitrogens is 1. The Kier molecular flexibility index (Phi) is 8.90. The average Bonchev–Trinajstić information content (AvgIpc) is 3.98. The minimum absolute atomic E-state index is 0.894. The molecule has 69 heavy (non-hydrogen) atoms. The Balaban J connectivity index is 0.914. The predicted molar refractivity (Wildman–Crippen MR) is 292 cm³/mol. The molecule has 0 radical (unpaired) electrons. The number of benzene rings is 12. The van der Waals surface area contributed by atoms with Gasteiger partial charge in [-0.25, -0.2) is 0 Å². The van der Waals surface area contributed by atoms with E-state index in [1.165, 1.54) is 54.3 Å². The van der Waals surface area contributed by atoms with E-state index in [4.69, 9.17) is 4.42 Å². The van der Waals surface area contributed by atoms with Gasteiger partial charge in [-0.2, -0.15) is 0 Å². The van der Waals surface area contributed by atoms with Gasteiger partial charge < -0.3 is 13.9 Å². The Morgan fingerprint density at radius 2 is 0.826 bits per heavy atom. The maximum Gasteiger partial charge on any atom is 0.143 e.